The maximum Gasteiger partial charge on any atom is 0.327 e. The molecule has 0 radical (unpaired) electrons. The van der Waals surface area contributed by atoms with Gasteiger partial charge in [0, 0.05) is 26.2 Å². The first-order valence-corrected chi connectivity index (χ1v) is 9.77. The Morgan fingerprint density at radius 2 is 1.89 bits per heavy atom. The molecular formula is C19H27N5O4. The second-order valence-electron chi connectivity index (χ2n) is 7.88. The van der Waals surface area contributed by atoms with Crippen molar-refractivity contribution in [3.8, 4) is 0 Å². The Bertz CT molecular complexity index is 826. The van der Waals surface area contributed by atoms with Crippen molar-refractivity contribution in [2.24, 2.45) is 5.92 Å². The molecule has 1 spiro atoms. The van der Waals surface area contributed by atoms with Gasteiger partial charge in [-0.2, -0.15) is 0 Å². The Labute approximate surface area is 163 Å². The topological polar surface area (TPSA) is 107 Å². The third kappa shape index (κ3) is 3.41. The first kappa shape index (κ1) is 20.0. The minimum Gasteiger partial charge on any atom is -0.337 e. The van der Waals surface area contributed by atoms with E-state index in [9.17, 15) is 19.2 Å². The summed E-state index contributed by atoms with van der Waals surface area (Å²) in [5, 5.41) is 0. The number of hydrogen-bond acceptors (Lipinski definition) is 5. The van der Waals surface area contributed by atoms with Gasteiger partial charge in [0.25, 0.3) is 17.4 Å². The smallest absolute Gasteiger partial charge is 0.327 e. The standard InChI is InChI=1S/C19H27N5O4/c1-4-7-23-17(27)19(24(18(23)28)12-13(2)3)5-8-22(9-6-19)16(26)14-10-20-11-15(25)21-14/h10-11,13H,4-9,12H2,1-3H3,(H,21,25). The van der Waals surface area contributed by atoms with Crippen LogP contribution >= 0.6 is 0 Å². The van der Waals surface area contributed by atoms with Gasteiger partial charge in [-0.3, -0.25) is 24.3 Å². The number of aromatic nitrogens is 2. The molecule has 0 saturated carbocycles. The molecule has 1 N–H and O–H groups in total. The average Bonchev–Trinajstić information content (AvgIpc) is 2.84. The monoisotopic (exact) mass is 389 g/mol. The summed E-state index contributed by atoms with van der Waals surface area (Å²) in [6.45, 7) is 7.57. The number of urea groups is 1. The highest BCUT2D eigenvalue weighted by atomic mass is 16.2. The first-order valence-electron chi connectivity index (χ1n) is 9.77. The highest BCUT2D eigenvalue weighted by Crippen LogP contribution is 2.38. The molecule has 9 heteroatoms. The molecule has 0 unspecified atom stereocenters. The molecule has 4 amide bonds. The van der Waals surface area contributed by atoms with Crippen molar-refractivity contribution in [2.75, 3.05) is 26.2 Å². The quantitative estimate of drug-likeness (QED) is 0.758. The summed E-state index contributed by atoms with van der Waals surface area (Å²) in [6, 6.07) is -0.225. The summed E-state index contributed by atoms with van der Waals surface area (Å²) in [4.78, 5) is 61.1. The van der Waals surface area contributed by atoms with Crippen LogP contribution in [-0.4, -0.2) is 74.2 Å². The van der Waals surface area contributed by atoms with Crippen LogP contribution in [0.4, 0.5) is 4.79 Å². The van der Waals surface area contributed by atoms with Gasteiger partial charge in [-0.05, 0) is 25.2 Å². The Morgan fingerprint density at radius 3 is 2.46 bits per heavy atom. The predicted octanol–water partition coefficient (Wildman–Crippen LogP) is 1.07. The number of carbonyl (C=O) groups is 3. The van der Waals surface area contributed by atoms with Crippen molar-refractivity contribution in [3.63, 3.8) is 0 Å². The van der Waals surface area contributed by atoms with Crippen molar-refractivity contribution < 1.29 is 14.4 Å². The van der Waals surface area contributed by atoms with E-state index >= 15 is 0 Å². The second kappa shape index (κ2) is 7.73. The van der Waals surface area contributed by atoms with Crippen LogP contribution < -0.4 is 5.56 Å². The zero-order chi connectivity index (χ0) is 20.5. The summed E-state index contributed by atoms with van der Waals surface area (Å²) >= 11 is 0. The number of nitrogens with zero attached hydrogens (tertiary/aromatic N) is 4. The van der Waals surface area contributed by atoms with Crippen LogP contribution in [0.3, 0.4) is 0 Å². The van der Waals surface area contributed by atoms with Gasteiger partial charge in [0.2, 0.25) is 0 Å². The van der Waals surface area contributed by atoms with Gasteiger partial charge in [-0.25, -0.2) is 4.79 Å². The predicted molar refractivity (Wildman–Crippen MR) is 102 cm³/mol. The fourth-order valence-corrected chi connectivity index (χ4v) is 4.04. The molecule has 0 atom stereocenters. The van der Waals surface area contributed by atoms with Crippen LogP contribution in [-0.2, 0) is 4.79 Å². The summed E-state index contributed by atoms with van der Waals surface area (Å²) in [6.07, 6.45) is 3.92. The molecule has 0 aliphatic carbocycles. The van der Waals surface area contributed by atoms with E-state index in [2.05, 4.69) is 9.97 Å². The van der Waals surface area contributed by atoms with Crippen molar-refractivity contribution in [1.82, 2.24) is 24.7 Å². The highest BCUT2D eigenvalue weighted by molar-refractivity contribution is 6.07. The zero-order valence-corrected chi connectivity index (χ0v) is 16.6. The molecule has 28 heavy (non-hydrogen) atoms. The maximum atomic E-state index is 13.2. The number of hydrogen-bond donors (Lipinski definition) is 1. The molecule has 1 aromatic heterocycles. The van der Waals surface area contributed by atoms with E-state index in [1.807, 2.05) is 20.8 Å². The molecule has 1 aromatic rings. The van der Waals surface area contributed by atoms with Crippen LogP contribution in [0.25, 0.3) is 0 Å². The van der Waals surface area contributed by atoms with Gasteiger partial charge >= 0.3 is 6.03 Å². The lowest BCUT2D eigenvalue weighted by molar-refractivity contribution is -0.135. The summed E-state index contributed by atoms with van der Waals surface area (Å²) in [5.41, 5.74) is -1.19. The molecule has 3 heterocycles. The van der Waals surface area contributed by atoms with Gasteiger partial charge in [-0.1, -0.05) is 20.8 Å². The largest absolute Gasteiger partial charge is 0.337 e. The van der Waals surface area contributed by atoms with Gasteiger partial charge in [-0.15, -0.1) is 0 Å². The number of aromatic amines is 1. The highest BCUT2D eigenvalue weighted by Gasteiger charge is 2.57. The van der Waals surface area contributed by atoms with Crippen LogP contribution in [0.1, 0.15) is 50.5 Å². The molecule has 9 nitrogen and oxygen atoms in total. The van der Waals surface area contributed by atoms with Crippen molar-refractivity contribution in [3.05, 3.63) is 28.4 Å². The average molecular weight is 389 g/mol. The summed E-state index contributed by atoms with van der Waals surface area (Å²) in [5.74, 6) is -0.241. The van der Waals surface area contributed by atoms with Gasteiger partial charge < -0.3 is 14.8 Å². The molecule has 0 bridgehead atoms. The van der Waals surface area contributed by atoms with E-state index in [1.54, 1.807) is 9.80 Å². The molecule has 2 fully saturated rings. The molecule has 152 valence electrons. The van der Waals surface area contributed by atoms with E-state index in [4.69, 9.17) is 0 Å². The lowest BCUT2D eigenvalue weighted by atomic mass is 9.85. The number of piperidine rings is 1. The molecule has 3 rings (SSSR count). The number of carbonyl (C=O) groups excluding carboxylic acids is 3. The molecule has 2 aliphatic rings. The van der Waals surface area contributed by atoms with Gasteiger partial charge in [0.15, 0.2) is 0 Å². The number of imide groups is 1. The number of H-pyrrole nitrogens is 1. The van der Waals surface area contributed by atoms with E-state index in [1.165, 1.54) is 11.1 Å². The molecule has 0 aromatic carbocycles. The van der Waals surface area contributed by atoms with Crippen molar-refractivity contribution in [1.29, 1.82) is 0 Å². The zero-order valence-electron chi connectivity index (χ0n) is 16.6. The van der Waals surface area contributed by atoms with E-state index < -0.39 is 11.1 Å². The fourth-order valence-electron chi connectivity index (χ4n) is 4.04. The van der Waals surface area contributed by atoms with Gasteiger partial charge in [0.1, 0.15) is 11.2 Å². The third-order valence-electron chi connectivity index (χ3n) is 5.38. The lowest BCUT2D eigenvalue weighted by Crippen LogP contribution is -2.58. The number of amides is 4. The second-order valence-corrected chi connectivity index (χ2v) is 7.88. The Morgan fingerprint density at radius 1 is 1.21 bits per heavy atom. The van der Waals surface area contributed by atoms with Crippen LogP contribution in [0.15, 0.2) is 17.2 Å². The minimum atomic E-state index is -0.879. The fraction of sp³-hybridized carbons (Fsp3) is 0.632. The SMILES string of the molecule is CCCN1C(=O)N(CC(C)C)C2(CCN(C(=O)c3cncc(=O)[nH]3)CC2)C1=O. The third-order valence-corrected chi connectivity index (χ3v) is 5.38. The van der Waals surface area contributed by atoms with Crippen LogP contribution in [0.2, 0.25) is 0 Å². The lowest BCUT2D eigenvalue weighted by Gasteiger charge is -2.42. The Kier molecular flexibility index (Phi) is 5.53. The number of nitrogens with one attached hydrogen (secondary N) is 1. The Hall–Kier alpha value is -2.71. The maximum absolute atomic E-state index is 13.2. The molecule has 2 aliphatic heterocycles. The van der Waals surface area contributed by atoms with Crippen LogP contribution in [0, 0.1) is 5.92 Å². The van der Waals surface area contributed by atoms with Crippen molar-refractivity contribution >= 4 is 17.8 Å². The van der Waals surface area contributed by atoms with Gasteiger partial charge in [0.05, 0.1) is 12.4 Å². The minimum absolute atomic E-state index is 0.129. The van der Waals surface area contributed by atoms with Crippen molar-refractivity contribution in [2.45, 2.75) is 45.6 Å². The number of rotatable bonds is 5. The Balaban J connectivity index is 1.81. The molecular weight excluding hydrogens is 362 g/mol. The number of likely N-dealkylation sites (tertiary alicyclic amines) is 1. The van der Waals surface area contributed by atoms with E-state index in [0.717, 1.165) is 6.20 Å². The first-order chi connectivity index (χ1) is 13.3. The van der Waals surface area contributed by atoms with E-state index in [0.29, 0.717) is 45.4 Å². The molecule has 2 saturated heterocycles. The summed E-state index contributed by atoms with van der Waals surface area (Å²) < 4.78 is 0. The van der Waals surface area contributed by atoms with Crippen LogP contribution in [0.5, 0.6) is 0 Å². The normalized spacial score (nSPS) is 19.2. The summed E-state index contributed by atoms with van der Waals surface area (Å²) in [7, 11) is 0. The van der Waals surface area contributed by atoms with E-state index in [-0.39, 0.29) is 29.5 Å².